The molecule has 0 aliphatic heterocycles. The molecule has 4 aromatic rings. The second-order valence-electron chi connectivity index (χ2n) is 5.65. The molecular weight excluding hydrogens is 468 g/mol. The third-order valence-electron chi connectivity index (χ3n) is 4.35. The van der Waals surface area contributed by atoms with Crippen LogP contribution in [0.5, 0.6) is 23.0 Å². The Morgan fingerprint density at radius 3 is 1.13 bits per heavy atom. The molecule has 164 valence electrons. The second-order valence-corrected chi connectivity index (χ2v) is 5.65. The molecule has 0 bridgehead atoms. The van der Waals surface area contributed by atoms with E-state index in [4.69, 9.17) is 18.9 Å². The van der Waals surface area contributed by atoms with E-state index < -0.39 is 0 Å². The molecule has 0 saturated carbocycles. The van der Waals surface area contributed by atoms with Crippen molar-refractivity contribution in [3.8, 4) is 23.0 Å². The molecular formula is C26H32O4Zr. The normalized spacial score (nSPS) is 8.77. The van der Waals surface area contributed by atoms with Crippen molar-refractivity contribution in [3.05, 3.63) is 88.7 Å². The Morgan fingerprint density at radius 2 is 0.839 bits per heavy atom. The zero-order valence-corrected chi connectivity index (χ0v) is 21.8. The van der Waals surface area contributed by atoms with Crippen LogP contribution in [-0.4, -0.2) is 28.4 Å². The summed E-state index contributed by atoms with van der Waals surface area (Å²) in [5, 5.41) is 4.40. The summed E-state index contributed by atoms with van der Waals surface area (Å²) in [5.74, 6) is 3.56. The molecule has 5 heteroatoms. The van der Waals surface area contributed by atoms with Crippen molar-refractivity contribution in [2.75, 3.05) is 28.4 Å². The van der Waals surface area contributed by atoms with Crippen molar-refractivity contribution >= 4 is 21.5 Å². The minimum atomic E-state index is 0. The first-order valence-electron chi connectivity index (χ1n) is 8.76. The van der Waals surface area contributed by atoms with Crippen LogP contribution in [0.1, 0.15) is 0 Å². The van der Waals surface area contributed by atoms with Crippen LogP contribution in [0.2, 0.25) is 0 Å². The summed E-state index contributed by atoms with van der Waals surface area (Å²) in [6, 6.07) is 19.8. The molecule has 0 atom stereocenters. The molecule has 0 aliphatic rings. The minimum Gasteiger partial charge on any atom is -0.539 e. The molecule has 0 aromatic heterocycles. The quantitative estimate of drug-likeness (QED) is 0.227. The summed E-state index contributed by atoms with van der Waals surface area (Å²) in [6.45, 7) is 6.00. The number of rotatable bonds is 4. The van der Waals surface area contributed by atoms with Gasteiger partial charge in [-0.1, -0.05) is 22.9 Å². The van der Waals surface area contributed by atoms with Gasteiger partial charge in [-0.2, -0.15) is 24.3 Å². The second kappa shape index (κ2) is 15.3. The first-order valence-corrected chi connectivity index (χ1v) is 8.76. The van der Waals surface area contributed by atoms with Crippen molar-refractivity contribution in [1.29, 1.82) is 0 Å². The molecule has 0 amide bonds. The largest absolute Gasteiger partial charge is 4.00 e. The fourth-order valence-corrected chi connectivity index (χ4v) is 3.07. The van der Waals surface area contributed by atoms with Crippen molar-refractivity contribution in [3.63, 3.8) is 0 Å². The maximum absolute atomic E-state index is 5.23. The van der Waals surface area contributed by atoms with Gasteiger partial charge in [-0.25, -0.2) is 0 Å². The Hall–Kier alpha value is -2.52. The van der Waals surface area contributed by atoms with Gasteiger partial charge in [-0.15, -0.1) is 36.1 Å². The Balaban J connectivity index is 0. The average molecular weight is 500 g/mol. The van der Waals surface area contributed by atoms with E-state index in [1.807, 2.05) is 60.7 Å². The average Bonchev–Trinajstić information content (AvgIpc) is 3.44. The van der Waals surface area contributed by atoms with Gasteiger partial charge in [0.05, 0.1) is 39.9 Å². The molecule has 0 aliphatic carbocycles. The number of ether oxygens (including phenoxy) is 4. The molecule has 0 saturated heterocycles. The minimum absolute atomic E-state index is 0. The monoisotopic (exact) mass is 498 g/mol. The maximum Gasteiger partial charge on any atom is 4.00 e. The number of hydrogen-bond donors (Lipinski definition) is 0. The predicted octanol–water partition coefficient (Wildman–Crippen LogP) is 6.85. The van der Waals surface area contributed by atoms with E-state index in [0.717, 1.165) is 44.5 Å². The predicted molar refractivity (Wildman–Crippen MR) is 129 cm³/mol. The van der Waals surface area contributed by atoms with E-state index in [0.29, 0.717) is 0 Å². The standard InChI is InChI=1S/2C11H11O2.C2H4.2CH3.Zr/c2*1-12-10-6-7-11(13-2)9-5-3-4-8(9)10;1-2;;;/h2*3-7H,1-2H3;1-2H2;2*1H3;/q2*-1;;2*-1;+4. The van der Waals surface area contributed by atoms with Crippen LogP contribution in [0.15, 0.2) is 73.8 Å². The van der Waals surface area contributed by atoms with Crippen molar-refractivity contribution in [2.45, 2.75) is 0 Å². The molecule has 0 unspecified atom stereocenters. The molecule has 4 rings (SSSR count). The first kappa shape index (κ1) is 30.7. The molecule has 0 fully saturated rings. The number of fused-ring (bicyclic) bond motifs is 2. The van der Waals surface area contributed by atoms with Crippen LogP contribution in [0.25, 0.3) is 21.5 Å². The molecule has 0 heterocycles. The molecule has 4 aromatic carbocycles. The zero-order chi connectivity index (χ0) is 20.5. The van der Waals surface area contributed by atoms with Crippen LogP contribution in [0.3, 0.4) is 0 Å². The first-order chi connectivity index (χ1) is 13.7. The summed E-state index contributed by atoms with van der Waals surface area (Å²) in [5.41, 5.74) is 0. The fraction of sp³-hybridized carbons (Fsp3) is 0.154. The molecule has 0 spiro atoms. The smallest absolute Gasteiger partial charge is 0.539 e. The van der Waals surface area contributed by atoms with E-state index in [1.165, 1.54) is 0 Å². The zero-order valence-electron chi connectivity index (χ0n) is 19.3. The summed E-state index contributed by atoms with van der Waals surface area (Å²) >= 11 is 0. The Labute approximate surface area is 206 Å². The van der Waals surface area contributed by atoms with Crippen LogP contribution < -0.4 is 18.9 Å². The van der Waals surface area contributed by atoms with Crippen LogP contribution in [0.4, 0.5) is 0 Å². The number of benzene rings is 2. The maximum atomic E-state index is 5.23. The summed E-state index contributed by atoms with van der Waals surface area (Å²) in [4.78, 5) is 0. The van der Waals surface area contributed by atoms with Crippen LogP contribution in [-0.2, 0) is 26.2 Å². The SMILES string of the molecule is C=C.COc1ccc(OC)c2[cH-]ccc12.COc1ccc(OC)c2[cH-]ccc12.[CH3-].[CH3-].[Zr+4]. The molecule has 31 heavy (non-hydrogen) atoms. The topological polar surface area (TPSA) is 36.9 Å². The Bertz CT molecular complexity index is 859. The van der Waals surface area contributed by atoms with E-state index in [-0.39, 0.29) is 41.1 Å². The Morgan fingerprint density at radius 1 is 0.548 bits per heavy atom. The molecule has 4 nitrogen and oxygen atoms in total. The van der Waals surface area contributed by atoms with Crippen molar-refractivity contribution < 1.29 is 45.2 Å². The molecule has 0 radical (unpaired) electrons. The van der Waals surface area contributed by atoms with Gasteiger partial charge in [0, 0.05) is 11.5 Å². The summed E-state index contributed by atoms with van der Waals surface area (Å²) < 4.78 is 20.9. The number of hydrogen-bond acceptors (Lipinski definition) is 4. The van der Waals surface area contributed by atoms with Gasteiger partial charge in [0.2, 0.25) is 0 Å². The van der Waals surface area contributed by atoms with E-state index >= 15 is 0 Å². The number of methoxy groups -OCH3 is 4. The molecule has 0 N–H and O–H groups in total. The van der Waals surface area contributed by atoms with Gasteiger partial charge in [0.25, 0.3) is 0 Å². The fourth-order valence-electron chi connectivity index (χ4n) is 3.07. The van der Waals surface area contributed by atoms with Crippen LogP contribution in [0, 0.1) is 14.9 Å². The summed E-state index contributed by atoms with van der Waals surface area (Å²) in [7, 11) is 6.70. The van der Waals surface area contributed by atoms with Crippen molar-refractivity contribution in [2.24, 2.45) is 0 Å². The van der Waals surface area contributed by atoms with Crippen LogP contribution >= 0.6 is 0 Å². The van der Waals surface area contributed by atoms with Gasteiger partial charge >= 0.3 is 26.2 Å². The third-order valence-corrected chi connectivity index (χ3v) is 4.35. The van der Waals surface area contributed by atoms with Crippen molar-refractivity contribution in [1.82, 2.24) is 0 Å². The Kier molecular flexibility index (Phi) is 15.1. The van der Waals surface area contributed by atoms with Gasteiger partial charge in [-0.05, 0) is 12.1 Å². The van der Waals surface area contributed by atoms with Gasteiger partial charge < -0.3 is 33.8 Å². The third kappa shape index (κ3) is 6.73. The van der Waals surface area contributed by atoms with Gasteiger partial charge in [-0.3, -0.25) is 0 Å². The van der Waals surface area contributed by atoms with E-state index in [1.54, 1.807) is 28.4 Å². The van der Waals surface area contributed by atoms with E-state index in [2.05, 4.69) is 13.2 Å². The van der Waals surface area contributed by atoms with E-state index in [9.17, 15) is 0 Å². The van der Waals surface area contributed by atoms with Gasteiger partial charge in [0.15, 0.2) is 0 Å². The summed E-state index contributed by atoms with van der Waals surface area (Å²) in [6.07, 6.45) is 0. The van der Waals surface area contributed by atoms with Gasteiger partial charge in [0.1, 0.15) is 0 Å².